The van der Waals surface area contributed by atoms with Gasteiger partial charge in [0.15, 0.2) is 6.10 Å². The number of hydrogen-bond donors (Lipinski definition) is 3. The zero-order valence-electron chi connectivity index (χ0n) is 29.8. The van der Waals surface area contributed by atoms with Gasteiger partial charge in [0.2, 0.25) is 0 Å². The van der Waals surface area contributed by atoms with Crippen molar-refractivity contribution < 1.29 is 52.8 Å². The third kappa shape index (κ3) is 23.5. The van der Waals surface area contributed by atoms with Crippen LogP contribution in [-0.4, -0.2) is 74.7 Å². The number of nitrogen functional groups attached to an aromatic ring is 1. The topological polar surface area (TPSA) is 190 Å². The summed E-state index contributed by atoms with van der Waals surface area (Å²) >= 11 is 0. The molecular weight excluding hydrogens is 672 g/mol. The second-order valence-corrected chi connectivity index (χ2v) is 10.7. The van der Waals surface area contributed by atoms with Gasteiger partial charge in [-0.3, -0.25) is 4.79 Å². The standard InChI is InChI=1S/C39H50N2O11/c1-3-4-5-6-7-8-9-10-11-12-13-14-15-16-17-18-19-20-21-36(44)49-27-26-41-39(47)51-30-32(52-37(45)25-24-35(43)48-2)29-50-38(46)33-23-22-31(40)28-34(33)42/h4-5,7-8,10-11,13-14,16-17,19-20,22-25,28,32,42H,3,6,9,12,15,18,21,26-27,29-30,40H2,1-2H3,(H,41,47)/b5-4-,8-7-,11-10-,14-13-,17-16-,20-19-,25-24+. The van der Waals surface area contributed by atoms with E-state index in [1.54, 1.807) is 6.08 Å². The van der Waals surface area contributed by atoms with Crippen LogP contribution in [0.15, 0.2) is 103 Å². The molecule has 282 valence electrons. The Balaban J connectivity index is 2.32. The fourth-order valence-electron chi connectivity index (χ4n) is 3.79. The summed E-state index contributed by atoms with van der Waals surface area (Å²) in [6.07, 6.45) is 29.6. The summed E-state index contributed by atoms with van der Waals surface area (Å²) in [5.41, 5.74) is 5.59. The third-order valence-corrected chi connectivity index (χ3v) is 6.40. The molecule has 0 heterocycles. The van der Waals surface area contributed by atoms with E-state index in [1.807, 2.05) is 12.2 Å². The number of phenols is 1. The fraction of sp³-hybridized carbons (Fsp3) is 0.359. The van der Waals surface area contributed by atoms with Crippen LogP contribution in [0.25, 0.3) is 0 Å². The lowest BCUT2D eigenvalue weighted by atomic mass is 10.2. The largest absolute Gasteiger partial charge is 0.507 e. The Labute approximate surface area is 305 Å². The van der Waals surface area contributed by atoms with Crippen LogP contribution in [0.5, 0.6) is 5.75 Å². The summed E-state index contributed by atoms with van der Waals surface area (Å²) in [5.74, 6) is -3.68. The smallest absolute Gasteiger partial charge is 0.407 e. The minimum atomic E-state index is -1.29. The van der Waals surface area contributed by atoms with Gasteiger partial charge in [-0.05, 0) is 50.7 Å². The van der Waals surface area contributed by atoms with Gasteiger partial charge >= 0.3 is 30.0 Å². The number of carbonyl (C=O) groups is 5. The quantitative estimate of drug-likeness (QED) is 0.0277. The minimum absolute atomic E-state index is 0.0634. The number of amides is 1. The molecule has 1 unspecified atom stereocenters. The summed E-state index contributed by atoms with van der Waals surface area (Å²) in [5, 5.41) is 12.3. The van der Waals surface area contributed by atoms with Crippen molar-refractivity contribution in [2.75, 3.05) is 39.2 Å². The van der Waals surface area contributed by atoms with Crippen LogP contribution < -0.4 is 11.1 Å². The van der Waals surface area contributed by atoms with E-state index in [0.717, 1.165) is 57.4 Å². The van der Waals surface area contributed by atoms with Crippen molar-refractivity contribution in [2.45, 2.75) is 58.0 Å². The number of allylic oxidation sites excluding steroid dienone is 11. The Hall–Kier alpha value is -5.85. The van der Waals surface area contributed by atoms with E-state index >= 15 is 0 Å². The number of rotatable bonds is 24. The van der Waals surface area contributed by atoms with Gasteiger partial charge in [0.05, 0.1) is 20.1 Å². The molecule has 0 spiro atoms. The highest BCUT2D eigenvalue weighted by molar-refractivity contribution is 5.93. The van der Waals surface area contributed by atoms with Crippen LogP contribution in [0, 0.1) is 0 Å². The number of ether oxygens (including phenoxy) is 5. The first kappa shape index (κ1) is 44.2. The molecule has 1 amide bonds. The van der Waals surface area contributed by atoms with E-state index in [9.17, 15) is 29.1 Å². The van der Waals surface area contributed by atoms with E-state index in [1.165, 1.54) is 12.1 Å². The van der Waals surface area contributed by atoms with E-state index in [-0.39, 0.29) is 30.8 Å². The fourth-order valence-corrected chi connectivity index (χ4v) is 3.79. The summed E-state index contributed by atoms with van der Waals surface area (Å²) in [6, 6.07) is 3.77. The molecule has 1 rings (SSSR count). The molecule has 0 aromatic heterocycles. The van der Waals surface area contributed by atoms with Gasteiger partial charge < -0.3 is 39.8 Å². The van der Waals surface area contributed by atoms with E-state index in [4.69, 9.17) is 24.7 Å². The molecule has 4 N–H and O–H groups in total. The maximum absolute atomic E-state index is 12.4. The molecule has 1 aromatic carbocycles. The predicted octanol–water partition coefficient (Wildman–Crippen LogP) is 6.13. The highest BCUT2D eigenvalue weighted by Crippen LogP contribution is 2.21. The lowest BCUT2D eigenvalue weighted by Gasteiger charge is -2.17. The number of carbonyl (C=O) groups excluding carboxylic acids is 5. The van der Waals surface area contributed by atoms with Crippen molar-refractivity contribution in [1.29, 1.82) is 0 Å². The molecule has 0 saturated heterocycles. The SMILES string of the molecule is CC/C=C\C/C=C\C/C=C\C/C=C\C/C=C\C/C=C\CC(=O)OCCNC(=O)OCC(COC(=O)c1ccc(N)cc1O)OC(=O)/C=C/C(=O)OC. The number of nitrogens with one attached hydrogen (secondary N) is 1. The first-order chi connectivity index (χ1) is 25.2. The number of hydrogen-bond acceptors (Lipinski definition) is 12. The number of nitrogens with two attached hydrogens (primary N) is 1. The molecule has 0 aliphatic carbocycles. The summed E-state index contributed by atoms with van der Waals surface area (Å²) < 4.78 is 24.7. The molecule has 52 heavy (non-hydrogen) atoms. The molecule has 0 fully saturated rings. The lowest BCUT2D eigenvalue weighted by Crippen LogP contribution is -2.34. The van der Waals surface area contributed by atoms with Crippen molar-refractivity contribution >= 4 is 35.7 Å². The number of esters is 4. The van der Waals surface area contributed by atoms with Crippen LogP contribution in [-0.2, 0) is 38.1 Å². The molecule has 0 radical (unpaired) electrons. The van der Waals surface area contributed by atoms with Crippen molar-refractivity contribution in [3.05, 3.63) is 109 Å². The number of phenolic OH excluding ortho intramolecular Hbond substituents is 1. The average molecular weight is 723 g/mol. The van der Waals surface area contributed by atoms with Gasteiger partial charge in [0.25, 0.3) is 0 Å². The second-order valence-electron chi connectivity index (χ2n) is 10.7. The predicted molar refractivity (Wildman–Crippen MR) is 197 cm³/mol. The summed E-state index contributed by atoms with van der Waals surface area (Å²) in [4.78, 5) is 59.9. The molecule has 1 aromatic rings. The Morgan fingerprint density at radius 1 is 0.750 bits per heavy atom. The zero-order chi connectivity index (χ0) is 38.2. The van der Waals surface area contributed by atoms with Gasteiger partial charge in [-0.15, -0.1) is 0 Å². The van der Waals surface area contributed by atoms with Crippen molar-refractivity contribution in [1.82, 2.24) is 5.32 Å². The van der Waals surface area contributed by atoms with Crippen molar-refractivity contribution in [3.8, 4) is 5.75 Å². The first-order valence-corrected chi connectivity index (χ1v) is 16.8. The first-order valence-electron chi connectivity index (χ1n) is 16.8. The third-order valence-electron chi connectivity index (χ3n) is 6.40. The monoisotopic (exact) mass is 722 g/mol. The number of anilines is 1. The van der Waals surface area contributed by atoms with Gasteiger partial charge in [-0.2, -0.15) is 0 Å². The number of aromatic hydroxyl groups is 1. The normalized spacial score (nSPS) is 12.4. The van der Waals surface area contributed by atoms with Crippen LogP contribution in [0.4, 0.5) is 10.5 Å². The van der Waals surface area contributed by atoms with Crippen molar-refractivity contribution in [3.63, 3.8) is 0 Å². The zero-order valence-corrected chi connectivity index (χ0v) is 29.8. The van der Waals surface area contributed by atoms with E-state index in [0.29, 0.717) is 6.42 Å². The molecule has 0 saturated carbocycles. The van der Waals surface area contributed by atoms with Gasteiger partial charge in [0, 0.05) is 23.9 Å². The lowest BCUT2D eigenvalue weighted by molar-refractivity contribution is -0.148. The van der Waals surface area contributed by atoms with Crippen LogP contribution >= 0.6 is 0 Å². The highest BCUT2D eigenvalue weighted by atomic mass is 16.6. The molecule has 1 atom stereocenters. The highest BCUT2D eigenvalue weighted by Gasteiger charge is 2.21. The van der Waals surface area contributed by atoms with Gasteiger partial charge in [0.1, 0.15) is 31.1 Å². The van der Waals surface area contributed by atoms with Crippen LogP contribution in [0.1, 0.15) is 62.2 Å². The maximum Gasteiger partial charge on any atom is 0.407 e. The Morgan fingerprint density at radius 3 is 1.85 bits per heavy atom. The number of alkyl carbamates (subject to hydrolysis) is 1. The van der Waals surface area contributed by atoms with Crippen molar-refractivity contribution in [2.24, 2.45) is 0 Å². The molecule has 13 heteroatoms. The van der Waals surface area contributed by atoms with E-state index < -0.39 is 55.0 Å². The van der Waals surface area contributed by atoms with Crippen LogP contribution in [0.2, 0.25) is 0 Å². The number of benzene rings is 1. The molecule has 0 aliphatic rings. The summed E-state index contributed by atoms with van der Waals surface area (Å²) in [6.45, 7) is 0.827. The summed E-state index contributed by atoms with van der Waals surface area (Å²) in [7, 11) is 1.12. The average Bonchev–Trinajstić information content (AvgIpc) is 3.12. The minimum Gasteiger partial charge on any atom is -0.507 e. The Morgan fingerprint density at radius 2 is 1.29 bits per heavy atom. The molecular formula is C39H50N2O11. The molecule has 0 bridgehead atoms. The second kappa shape index (κ2) is 28.9. The van der Waals surface area contributed by atoms with Gasteiger partial charge in [-0.25, -0.2) is 19.2 Å². The molecule has 13 nitrogen and oxygen atoms in total. The molecule has 0 aliphatic heterocycles. The Bertz CT molecular complexity index is 1470. The number of methoxy groups -OCH3 is 1. The van der Waals surface area contributed by atoms with Gasteiger partial charge in [-0.1, -0.05) is 79.8 Å². The van der Waals surface area contributed by atoms with Crippen LogP contribution in [0.3, 0.4) is 0 Å². The Kier molecular flexibility index (Phi) is 24.6. The maximum atomic E-state index is 12.4. The van der Waals surface area contributed by atoms with E-state index in [2.05, 4.69) is 71.7 Å².